The molecule has 1 heterocycles. The zero-order valence-corrected chi connectivity index (χ0v) is 37.5. The van der Waals surface area contributed by atoms with Gasteiger partial charge in [0.2, 0.25) is 0 Å². The Morgan fingerprint density at radius 3 is 1.60 bits per heavy atom. The largest absolute Gasteiger partial charge is 0.310 e. The molecule has 0 saturated carbocycles. The van der Waals surface area contributed by atoms with Crippen LogP contribution in [0.2, 0.25) is 0 Å². The average Bonchev–Trinajstić information content (AvgIpc) is 3.93. The van der Waals surface area contributed by atoms with Gasteiger partial charge in [-0.05, 0) is 127 Å². The van der Waals surface area contributed by atoms with Crippen molar-refractivity contribution in [2.24, 2.45) is 0 Å². The molecular weight excluding hydrogens is 827 g/mol. The Kier molecular flexibility index (Phi) is 9.33. The number of hydrogen-bond donors (Lipinski definition) is 0. The third-order valence-electron chi connectivity index (χ3n) is 14.0. The van der Waals surface area contributed by atoms with E-state index in [4.69, 9.17) is 0 Å². The van der Waals surface area contributed by atoms with Gasteiger partial charge in [-0.2, -0.15) is 0 Å². The van der Waals surface area contributed by atoms with Crippen LogP contribution in [0.3, 0.4) is 0 Å². The molecule has 0 aliphatic heterocycles. The molecule has 12 aromatic rings. The van der Waals surface area contributed by atoms with Crippen molar-refractivity contribution in [2.75, 3.05) is 4.90 Å². The van der Waals surface area contributed by atoms with E-state index in [2.05, 4.69) is 266 Å². The first-order valence-electron chi connectivity index (χ1n) is 23.1. The van der Waals surface area contributed by atoms with Gasteiger partial charge in [0.1, 0.15) is 0 Å². The van der Waals surface area contributed by atoms with Crippen LogP contribution in [0.25, 0.3) is 75.5 Å². The van der Waals surface area contributed by atoms with E-state index < -0.39 is 5.41 Å². The predicted octanol–water partition coefficient (Wildman–Crippen LogP) is 18.0. The van der Waals surface area contributed by atoms with Crippen LogP contribution in [0.4, 0.5) is 17.1 Å². The molecule has 11 aromatic carbocycles. The number of para-hydroxylation sites is 1. The normalized spacial score (nSPS) is 12.6. The number of benzene rings is 11. The van der Waals surface area contributed by atoms with Crippen molar-refractivity contribution in [3.63, 3.8) is 0 Å². The van der Waals surface area contributed by atoms with Gasteiger partial charge in [-0.15, -0.1) is 11.3 Å². The summed E-state index contributed by atoms with van der Waals surface area (Å²) in [5, 5.41) is 5.10. The van der Waals surface area contributed by atoms with Gasteiger partial charge < -0.3 is 4.90 Å². The molecule has 314 valence electrons. The van der Waals surface area contributed by atoms with Crippen LogP contribution < -0.4 is 4.90 Å². The summed E-state index contributed by atoms with van der Waals surface area (Å²) in [5.74, 6) is 0. The Labute approximate surface area is 395 Å². The zero-order valence-electron chi connectivity index (χ0n) is 36.7. The van der Waals surface area contributed by atoms with Gasteiger partial charge in [0.15, 0.2) is 0 Å². The molecule has 1 aliphatic carbocycles. The summed E-state index contributed by atoms with van der Waals surface area (Å²) in [6, 6.07) is 96.3. The predicted molar refractivity (Wildman–Crippen MR) is 285 cm³/mol. The quantitative estimate of drug-likeness (QED) is 0.147. The van der Waals surface area contributed by atoms with E-state index in [0.717, 1.165) is 17.1 Å². The molecule has 67 heavy (non-hydrogen) atoms. The van der Waals surface area contributed by atoms with Crippen molar-refractivity contribution in [1.82, 2.24) is 0 Å². The summed E-state index contributed by atoms with van der Waals surface area (Å²) in [5.41, 5.74) is 17.8. The number of nitrogens with zero attached hydrogens (tertiary/aromatic N) is 1. The molecule has 0 N–H and O–H groups in total. The molecule has 2 heteroatoms. The molecule has 0 radical (unpaired) electrons. The summed E-state index contributed by atoms with van der Waals surface area (Å²) >= 11 is 1.86. The molecule has 0 fully saturated rings. The Morgan fingerprint density at radius 2 is 0.836 bits per heavy atom. The number of thiophene rings is 1. The SMILES string of the molecule is c1ccc(C2(c3ccccc3)c3ccccc3-c3ccc(-c4ccc(N(c5ccc(-c6cccc7ccccc67)cc5)c5ccccc5-c5ccc6sc7ccccc7c6c5)cc4)cc32)cc1. The highest BCUT2D eigenvalue weighted by atomic mass is 32.1. The van der Waals surface area contributed by atoms with Crippen LogP contribution in [0.5, 0.6) is 0 Å². The minimum Gasteiger partial charge on any atom is -0.310 e. The Balaban J connectivity index is 0.950. The summed E-state index contributed by atoms with van der Waals surface area (Å²) in [4.78, 5) is 2.43. The van der Waals surface area contributed by atoms with E-state index in [9.17, 15) is 0 Å². The number of fused-ring (bicyclic) bond motifs is 7. The van der Waals surface area contributed by atoms with Gasteiger partial charge in [0, 0.05) is 37.1 Å². The second kappa shape index (κ2) is 16.0. The van der Waals surface area contributed by atoms with E-state index in [1.54, 1.807) is 0 Å². The molecular formula is C65H43NS. The van der Waals surface area contributed by atoms with Gasteiger partial charge in [0.25, 0.3) is 0 Å². The van der Waals surface area contributed by atoms with Crippen LogP contribution in [-0.2, 0) is 5.41 Å². The number of hydrogen-bond acceptors (Lipinski definition) is 2. The van der Waals surface area contributed by atoms with E-state index in [0.29, 0.717) is 0 Å². The van der Waals surface area contributed by atoms with E-state index in [1.165, 1.54) is 97.7 Å². The fourth-order valence-electron chi connectivity index (χ4n) is 10.9. The first kappa shape index (κ1) is 39.1. The second-order valence-electron chi connectivity index (χ2n) is 17.6. The maximum absolute atomic E-state index is 2.45. The van der Waals surface area contributed by atoms with Crippen molar-refractivity contribution in [2.45, 2.75) is 5.41 Å². The lowest BCUT2D eigenvalue weighted by Gasteiger charge is -2.34. The molecule has 13 rings (SSSR count). The van der Waals surface area contributed by atoms with Crippen LogP contribution >= 0.6 is 11.3 Å². The minimum atomic E-state index is -0.457. The Bertz CT molecular complexity index is 3750. The number of anilines is 3. The highest BCUT2D eigenvalue weighted by Gasteiger charge is 2.46. The van der Waals surface area contributed by atoms with E-state index >= 15 is 0 Å². The molecule has 0 unspecified atom stereocenters. The summed E-state index contributed by atoms with van der Waals surface area (Å²) in [6.07, 6.45) is 0. The molecule has 1 aromatic heterocycles. The molecule has 1 aliphatic rings. The lowest BCUT2D eigenvalue weighted by Crippen LogP contribution is -2.28. The van der Waals surface area contributed by atoms with Crippen LogP contribution in [0.1, 0.15) is 22.3 Å². The first-order valence-corrected chi connectivity index (χ1v) is 23.9. The maximum atomic E-state index is 2.45. The van der Waals surface area contributed by atoms with Crippen LogP contribution in [-0.4, -0.2) is 0 Å². The molecule has 0 spiro atoms. The standard InChI is InChI=1S/C65H43NS/c1-3-18-49(19-4-1)65(50-20-5-2-6-21-50)60-27-12-9-24-56(60)57-40-34-47(43-61(57)65)44-30-36-51(37-31-44)66(52-38-32-46(33-39-52)54-26-15-17-45-16-7-8-22-53(45)54)62-28-13-10-23-55(62)48-35-41-64-59(42-48)58-25-11-14-29-63(58)67-64/h1-43H. The second-order valence-corrected chi connectivity index (χ2v) is 18.7. The van der Waals surface area contributed by atoms with Gasteiger partial charge in [-0.25, -0.2) is 0 Å². The minimum absolute atomic E-state index is 0.457. The Hall–Kier alpha value is -8.30. The van der Waals surface area contributed by atoms with Gasteiger partial charge in [0.05, 0.1) is 11.1 Å². The van der Waals surface area contributed by atoms with Gasteiger partial charge in [-0.1, -0.05) is 206 Å². The van der Waals surface area contributed by atoms with Crippen molar-refractivity contribution in [3.05, 3.63) is 283 Å². The Morgan fingerprint density at radius 1 is 0.299 bits per heavy atom. The molecule has 0 atom stereocenters. The summed E-state index contributed by atoms with van der Waals surface area (Å²) < 4.78 is 2.62. The summed E-state index contributed by atoms with van der Waals surface area (Å²) in [7, 11) is 0. The number of rotatable bonds is 8. The zero-order chi connectivity index (χ0) is 44.3. The average molecular weight is 870 g/mol. The van der Waals surface area contributed by atoms with Crippen LogP contribution in [0, 0.1) is 0 Å². The third-order valence-corrected chi connectivity index (χ3v) is 15.1. The first-order chi connectivity index (χ1) is 33.2. The fraction of sp³-hybridized carbons (Fsp3) is 0.0154. The molecule has 1 nitrogen and oxygen atoms in total. The molecule has 0 saturated heterocycles. The van der Waals surface area contributed by atoms with E-state index in [1.807, 2.05) is 11.3 Å². The van der Waals surface area contributed by atoms with Crippen molar-refractivity contribution in [1.29, 1.82) is 0 Å². The highest BCUT2D eigenvalue weighted by Crippen LogP contribution is 2.57. The fourth-order valence-corrected chi connectivity index (χ4v) is 12.0. The maximum Gasteiger partial charge on any atom is 0.0713 e. The van der Waals surface area contributed by atoms with Gasteiger partial charge in [-0.3, -0.25) is 0 Å². The highest BCUT2D eigenvalue weighted by molar-refractivity contribution is 7.25. The van der Waals surface area contributed by atoms with Crippen molar-refractivity contribution < 1.29 is 0 Å². The molecule has 0 bridgehead atoms. The summed E-state index contributed by atoms with van der Waals surface area (Å²) in [6.45, 7) is 0. The van der Waals surface area contributed by atoms with Gasteiger partial charge >= 0.3 is 0 Å². The lowest BCUT2D eigenvalue weighted by molar-refractivity contribution is 0.769. The van der Waals surface area contributed by atoms with E-state index in [-0.39, 0.29) is 0 Å². The van der Waals surface area contributed by atoms with Crippen LogP contribution in [0.15, 0.2) is 261 Å². The third kappa shape index (κ3) is 6.37. The smallest absolute Gasteiger partial charge is 0.0713 e. The van der Waals surface area contributed by atoms with Crippen molar-refractivity contribution in [3.8, 4) is 44.5 Å². The molecule has 0 amide bonds. The lowest BCUT2D eigenvalue weighted by atomic mass is 9.67. The topological polar surface area (TPSA) is 3.24 Å². The monoisotopic (exact) mass is 869 g/mol. The van der Waals surface area contributed by atoms with Crippen molar-refractivity contribution >= 4 is 59.3 Å².